The van der Waals surface area contributed by atoms with Crippen LogP contribution in [0.5, 0.6) is 0 Å². The maximum Gasteiger partial charge on any atom is 0.240 e. The zero-order valence-electron chi connectivity index (χ0n) is 12.6. The largest absolute Gasteiger partial charge is 0.352 e. The molecule has 0 aliphatic heterocycles. The number of anilines is 1. The highest BCUT2D eigenvalue weighted by molar-refractivity contribution is 5.97. The van der Waals surface area contributed by atoms with Crippen LogP contribution in [0.15, 0.2) is 18.2 Å². The Bertz CT molecular complexity index is 537. The van der Waals surface area contributed by atoms with E-state index in [0.717, 1.165) is 49.1 Å². The van der Waals surface area contributed by atoms with Crippen molar-refractivity contribution in [1.82, 2.24) is 5.32 Å². The summed E-state index contributed by atoms with van der Waals surface area (Å²) in [6, 6.07) is 3.43. The van der Waals surface area contributed by atoms with E-state index in [4.69, 9.17) is 0 Å². The number of amides is 2. The predicted octanol–water partition coefficient (Wildman–Crippen LogP) is 2.77. The Labute approximate surface area is 128 Å². The third-order valence-electron chi connectivity index (χ3n) is 3.86. The van der Waals surface area contributed by atoms with Gasteiger partial charge in [0.2, 0.25) is 11.8 Å². The van der Waals surface area contributed by atoms with Gasteiger partial charge >= 0.3 is 0 Å². The van der Waals surface area contributed by atoms with Crippen LogP contribution in [-0.2, 0) is 9.59 Å². The van der Waals surface area contributed by atoms with Crippen molar-refractivity contribution in [3.63, 3.8) is 0 Å². The van der Waals surface area contributed by atoms with Crippen molar-refractivity contribution in [2.75, 3.05) is 11.4 Å². The summed E-state index contributed by atoms with van der Waals surface area (Å²) in [4.78, 5) is 24.6. The van der Waals surface area contributed by atoms with Crippen molar-refractivity contribution >= 4 is 17.5 Å². The lowest BCUT2D eigenvalue weighted by Crippen LogP contribution is -2.44. The molecule has 6 heteroatoms. The first-order valence-electron chi connectivity index (χ1n) is 7.50. The molecule has 1 aliphatic rings. The predicted molar refractivity (Wildman–Crippen MR) is 79.4 cm³/mol. The van der Waals surface area contributed by atoms with Crippen LogP contribution >= 0.6 is 0 Å². The van der Waals surface area contributed by atoms with E-state index in [1.165, 1.54) is 13.0 Å². The smallest absolute Gasteiger partial charge is 0.240 e. The summed E-state index contributed by atoms with van der Waals surface area (Å²) in [6.07, 6.45) is 5.08. The summed E-state index contributed by atoms with van der Waals surface area (Å²) in [5.74, 6) is -2.70. The molecule has 22 heavy (non-hydrogen) atoms. The Hall–Kier alpha value is -1.98. The second-order valence-electron chi connectivity index (χ2n) is 5.58. The zero-order chi connectivity index (χ0) is 16.1. The first-order valence-corrected chi connectivity index (χ1v) is 7.50. The highest BCUT2D eigenvalue weighted by Crippen LogP contribution is 2.23. The maximum atomic E-state index is 13.8. The topological polar surface area (TPSA) is 49.4 Å². The number of carbonyl (C=O) groups excluding carboxylic acids is 2. The third kappa shape index (κ3) is 4.02. The molecule has 1 saturated carbocycles. The molecule has 1 aromatic rings. The lowest BCUT2D eigenvalue weighted by molar-refractivity contribution is -0.123. The van der Waals surface area contributed by atoms with Crippen molar-refractivity contribution in [3.8, 4) is 0 Å². The van der Waals surface area contributed by atoms with Gasteiger partial charge in [0.05, 0.1) is 0 Å². The number of halogens is 2. The summed E-state index contributed by atoms with van der Waals surface area (Å²) in [6.45, 7) is 0.795. The highest BCUT2D eigenvalue weighted by atomic mass is 19.1. The molecule has 0 unspecified atom stereocenters. The van der Waals surface area contributed by atoms with Crippen LogP contribution in [0, 0.1) is 11.6 Å². The first kappa shape index (κ1) is 16.4. The molecule has 0 bridgehead atoms. The molecule has 4 nitrogen and oxygen atoms in total. The van der Waals surface area contributed by atoms with Gasteiger partial charge in [0, 0.05) is 13.0 Å². The highest BCUT2D eigenvalue weighted by Gasteiger charge is 2.24. The van der Waals surface area contributed by atoms with Gasteiger partial charge in [-0.3, -0.25) is 14.5 Å². The first-order chi connectivity index (χ1) is 10.5. The van der Waals surface area contributed by atoms with E-state index in [-0.39, 0.29) is 12.6 Å². The van der Waals surface area contributed by atoms with Crippen molar-refractivity contribution < 1.29 is 18.4 Å². The SMILES string of the molecule is CC(=O)N(CC(=O)NC1CCCCC1)c1c(F)cccc1F. The molecule has 0 atom stereocenters. The van der Waals surface area contributed by atoms with Crippen molar-refractivity contribution in [2.24, 2.45) is 0 Å². The molecule has 1 N–H and O–H groups in total. The Kier molecular flexibility index (Phi) is 5.46. The minimum atomic E-state index is -0.860. The molecule has 0 saturated heterocycles. The normalized spacial score (nSPS) is 15.4. The molecular weight excluding hydrogens is 290 g/mol. The van der Waals surface area contributed by atoms with Crippen LogP contribution in [0.4, 0.5) is 14.5 Å². The average Bonchev–Trinajstić information content (AvgIpc) is 2.46. The van der Waals surface area contributed by atoms with Crippen LogP contribution in [0.25, 0.3) is 0 Å². The van der Waals surface area contributed by atoms with Gasteiger partial charge in [0.1, 0.15) is 23.9 Å². The van der Waals surface area contributed by atoms with Crippen molar-refractivity contribution in [1.29, 1.82) is 0 Å². The van der Waals surface area contributed by atoms with E-state index in [2.05, 4.69) is 5.32 Å². The number of carbonyl (C=O) groups is 2. The zero-order valence-corrected chi connectivity index (χ0v) is 12.6. The molecule has 1 aromatic carbocycles. The van der Waals surface area contributed by atoms with Gasteiger partial charge in [-0.15, -0.1) is 0 Å². The molecule has 0 radical (unpaired) electrons. The number of rotatable bonds is 4. The molecule has 2 rings (SSSR count). The van der Waals surface area contributed by atoms with E-state index in [9.17, 15) is 18.4 Å². The number of hydrogen-bond donors (Lipinski definition) is 1. The second kappa shape index (κ2) is 7.33. The standard InChI is InChI=1S/C16H20F2N2O2/c1-11(21)20(16-13(17)8-5-9-14(16)18)10-15(22)19-12-6-3-2-4-7-12/h5,8-9,12H,2-4,6-7,10H2,1H3,(H,19,22). The molecule has 1 fully saturated rings. The van der Waals surface area contributed by atoms with Gasteiger partial charge in [-0.2, -0.15) is 0 Å². The van der Waals surface area contributed by atoms with E-state index in [0.29, 0.717) is 0 Å². The molecule has 0 aromatic heterocycles. The van der Waals surface area contributed by atoms with Crippen LogP contribution in [-0.4, -0.2) is 24.4 Å². The Balaban J connectivity index is 2.08. The summed E-state index contributed by atoms with van der Waals surface area (Å²) in [5.41, 5.74) is -0.478. The summed E-state index contributed by atoms with van der Waals surface area (Å²) < 4.78 is 27.6. The number of hydrogen-bond acceptors (Lipinski definition) is 2. The van der Waals surface area contributed by atoms with E-state index in [1.54, 1.807) is 0 Å². The van der Waals surface area contributed by atoms with Crippen LogP contribution in [0.3, 0.4) is 0 Å². The minimum Gasteiger partial charge on any atom is -0.352 e. The molecular formula is C16H20F2N2O2. The monoisotopic (exact) mass is 310 g/mol. The van der Waals surface area contributed by atoms with Gasteiger partial charge in [-0.25, -0.2) is 8.78 Å². The van der Waals surface area contributed by atoms with E-state index in [1.807, 2.05) is 0 Å². The quantitative estimate of drug-likeness (QED) is 0.929. The van der Waals surface area contributed by atoms with Gasteiger partial charge < -0.3 is 5.32 Å². The number of para-hydroxylation sites is 1. The van der Waals surface area contributed by atoms with Gasteiger partial charge in [-0.05, 0) is 25.0 Å². The maximum absolute atomic E-state index is 13.8. The lowest BCUT2D eigenvalue weighted by Gasteiger charge is -2.26. The summed E-state index contributed by atoms with van der Waals surface area (Å²) in [5, 5.41) is 2.84. The van der Waals surface area contributed by atoms with Crippen molar-refractivity contribution in [2.45, 2.75) is 45.1 Å². The molecule has 0 heterocycles. The summed E-state index contributed by atoms with van der Waals surface area (Å²) >= 11 is 0. The Morgan fingerprint density at radius 1 is 1.18 bits per heavy atom. The number of benzene rings is 1. The second-order valence-corrected chi connectivity index (χ2v) is 5.58. The molecule has 1 aliphatic carbocycles. The minimum absolute atomic E-state index is 0.0838. The summed E-state index contributed by atoms with van der Waals surface area (Å²) in [7, 11) is 0. The Morgan fingerprint density at radius 3 is 2.32 bits per heavy atom. The van der Waals surface area contributed by atoms with Crippen LogP contribution < -0.4 is 10.2 Å². The van der Waals surface area contributed by atoms with Crippen molar-refractivity contribution in [3.05, 3.63) is 29.8 Å². The molecule has 120 valence electrons. The van der Waals surface area contributed by atoms with E-state index < -0.39 is 29.1 Å². The molecule has 0 spiro atoms. The fourth-order valence-corrected chi connectivity index (χ4v) is 2.76. The van der Waals surface area contributed by atoms with Crippen LogP contribution in [0.2, 0.25) is 0 Å². The Morgan fingerprint density at radius 2 is 1.77 bits per heavy atom. The van der Waals surface area contributed by atoms with Gasteiger partial charge in [0.15, 0.2) is 0 Å². The average molecular weight is 310 g/mol. The molecule has 2 amide bonds. The van der Waals surface area contributed by atoms with E-state index >= 15 is 0 Å². The van der Waals surface area contributed by atoms with Gasteiger partial charge in [0.25, 0.3) is 0 Å². The van der Waals surface area contributed by atoms with Crippen LogP contribution in [0.1, 0.15) is 39.0 Å². The fraction of sp³-hybridized carbons (Fsp3) is 0.500. The lowest BCUT2D eigenvalue weighted by atomic mass is 9.95. The number of nitrogens with one attached hydrogen (secondary N) is 1. The third-order valence-corrected chi connectivity index (χ3v) is 3.86. The van der Waals surface area contributed by atoms with Gasteiger partial charge in [-0.1, -0.05) is 25.3 Å². The number of nitrogens with zero attached hydrogens (tertiary/aromatic N) is 1. The fourth-order valence-electron chi connectivity index (χ4n) is 2.76.